The third-order valence-electron chi connectivity index (χ3n) is 13.9. The number of amides is 1. The fourth-order valence-corrected chi connectivity index (χ4v) is 9.53. The standard InChI is InChI=1S/C57H115NO4/c1-3-5-7-9-11-13-15-17-19-21-23-25-27-28-29-30-32-34-36-38-40-42-44-46-48-50-54(60)52-57(62)58-55(53-59)56(61)51-49-47-45-43-41-39-37-35-33-31-26-24-22-20-18-16-14-12-10-8-6-4-2/h54-56,59-61H,3-53H2,1-2H3,(H,58,62). The Labute approximate surface area is 389 Å². The summed E-state index contributed by atoms with van der Waals surface area (Å²) in [6, 6.07) is -0.654. The highest BCUT2D eigenvalue weighted by molar-refractivity contribution is 5.76. The Morgan fingerprint density at radius 2 is 0.548 bits per heavy atom. The van der Waals surface area contributed by atoms with Gasteiger partial charge in [-0.1, -0.05) is 316 Å². The monoisotopic (exact) mass is 878 g/mol. The number of carbonyl (C=O) groups is 1. The van der Waals surface area contributed by atoms with Crippen molar-refractivity contribution in [1.82, 2.24) is 5.32 Å². The van der Waals surface area contributed by atoms with Gasteiger partial charge in [-0.25, -0.2) is 0 Å². The van der Waals surface area contributed by atoms with Gasteiger partial charge in [0, 0.05) is 0 Å². The minimum absolute atomic E-state index is 0.0437. The molecule has 4 N–H and O–H groups in total. The Bertz CT molecular complexity index is 838. The first kappa shape index (κ1) is 61.4. The van der Waals surface area contributed by atoms with E-state index in [1.807, 2.05) is 0 Å². The molecule has 1 amide bonds. The van der Waals surface area contributed by atoms with E-state index < -0.39 is 18.2 Å². The smallest absolute Gasteiger partial charge is 0.222 e. The summed E-state index contributed by atoms with van der Waals surface area (Å²) >= 11 is 0. The normalized spacial score (nSPS) is 13.2. The molecule has 62 heavy (non-hydrogen) atoms. The number of aliphatic hydroxyl groups excluding tert-OH is 3. The highest BCUT2D eigenvalue weighted by Gasteiger charge is 2.21. The maximum Gasteiger partial charge on any atom is 0.222 e. The molecule has 0 saturated carbocycles. The van der Waals surface area contributed by atoms with E-state index in [0.29, 0.717) is 12.8 Å². The van der Waals surface area contributed by atoms with Crippen molar-refractivity contribution in [2.45, 2.75) is 353 Å². The number of hydrogen-bond acceptors (Lipinski definition) is 4. The third kappa shape index (κ3) is 48.8. The van der Waals surface area contributed by atoms with Gasteiger partial charge in [0.05, 0.1) is 31.3 Å². The minimum Gasteiger partial charge on any atom is -0.394 e. The van der Waals surface area contributed by atoms with E-state index in [-0.39, 0.29) is 18.9 Å². The maximum atomic E-state index is 12.5. The van der Waals surface area contributed by atoms with Crippen LogP contribution >= 0.6 is 0 Å². The molecule has 0 aromatic rings. The fourth-order valence-electron chi connectivity index (χ4n) is 9.53. The van der Waals surface area contributed by atoms with Crippen molar-refractivity contribution >= 4 is 5.91 Å². The Morgan fingerprint density at radius 1 is 0.339 bits per heavy atom. The third-order valence-corrected chi connectivity index (χ3v) is 13.9. The molecule has 0 aromatic carbocycles. The van der Waals surface area contributed by atoms with Crippen LogP contribution in [0, 0.1) is 0 Å². The molecule has 3 unspecified atom stereocenters. The summed E-state index contributed by atoms with van der Waals surface area (Å²) in [7, 11) is 0. The van der Waals surface area contributed by atoms with Gasteiger partial charge in [-0.15, -0.1) is 0 Å². The van der Waals surface area contributed by atoms with Gasteiger partial charge >= 0.3 is 0 Å². The Balaban J connectivity index is 3.48. The van der Waals surface area contributed by atoms with Crippen LogP contribution in [0.25, 0.3) is 0 Å². The molecule has 0 aliphatic carbocycles. The molecule has 0 saturated heterocycles. The lowest BCUT2D eigenvalue weighted by molar-refractivity contribution is -0.125. The van der Waals surface area contributed by atoms with Crippen LogP contribution in [-0.2, 0) is 4.79 Å². The van der Waals surface area contributed by atoms with Crippen LogP contribution in [0.3, 0.4) is 0 Å². The van der Waals surface area contributed by atoms with E-state index in [9.17, 15) is 20.1 Å². The lowest BCUT2D eigenvalue weighted by atomic mass is 10.0. The summed E-state index contributed by atoms with van der Waals surface area (Å²) < 4.78 is 0. The van der Waals surface area contributed by atoms with Crippen molar-refractivity contribution < 1.29 is 20.1 Å². The largest absolute Gasteiger partial charge is 0.394 e. The Kier molecular flexibility index (Phi) is 52.4. The lowest BCUT2D eigenvalue weighted by Gasteiger charge is -2.23. The van der Waals surface area contributed by atoms with Gasteiger partial charge < -0.3 is 20.6 Å². The van der Waals surface area contributed by atoms with E-state index in [1.54, 1.807) is 0 Å². The summed E-state index contributed by atoms with van der Waals surface area (Å²) in [6.07, 6.45) is 64.1. The van der Waals surface area contributed by atoms with Gasteiger partial charge in [0.15, 0.2) is 0 Å². The first-order chi connectivity index (χ1) is 30.5. The van der Waals surface area contributed by atoms with Gasteiger partial charge in [0.1, 0.15) is 0 Å². The molecule has 372 valence electrons. The van der Waals surface area contributed by atoms with Gasteiger partial charge in [-0.2, -0.15) is 0 Å². The molecule has 0 aliphatic heterocycles. The maximum absolute atomic E-state index is 12.5. The molecule has 0 aliphatic rings. The summed E-state index contributed by atoms with van der Waals surface area (Å²) in [5.41, 5.74) is 0. The van der Waals surface area contributed by atoms with Crippen LogP contribution in [0.15, 0.2) is 0 Å². The lowest BCUT2D eigenvalue weighted by Crippen LogP contribution is -2.46. The summed E-state index contributed by atoms with van der Waals surface area (Å²) in [5, 5.41) is 33.7. The van der Waals surface area contributed by atoms with E-state index in [2.05, 4.69) is 19.2 Å². The predicted molar refractivity (Wildman–Crippen MR) is 273 cm³/mol. The SMILES string of the molecule is CCCCCCCCCCCCCCCCCCCCCCCCCCCC(O)CC(=O)NC(CO)C(O)CCCCCCCCCCCCCCCCCCCCCCCC. The zero-order chi connectivity index (χ0) is 45.1. The van der Waals surface area contributed by atoms with Crippen molar-refractivity contribution in [2.24, 2.45) is 0 Å². The second-order valence-corrected chi connectivity index (χ2v) is 20.3. The Hall–Kier alpha value is -0.650. The average molecular weight is 879 g/mol. The van der Waals surface area contributed by atoms with Crippen molar-refractivity contribution in [3.63, 3.8) is 0 Å². The van der Waals surface area contributed by atoms with Crippen LogP contribution in [0.4, 0.5) is 0 Å². The van der Waals surface area contributed by atoms with Crippen LogP contribution in [0.1, 0.15) is 335 Å². The quantitative estimate of drug-likeness (QED) is 0.0458. The molecule has 0 rings (SSSR count). The summed E-state index contributed by atoms with van der Waals surface area (Å²) in [4.78, 5) is 12.5. The molecule has 0 spiro atoms. The highest BCUT2D eigenvalue weighted by atomic mass is 16.3. The van der Waals surface area contributed by atoms with E-state index in [0.717, 1.165) is 25.7 Å². The molecular formula is C57H115NO4. The number of hydrogen-bond donors (Lipinski definition) is 4. The predicted octanol–water partition coefficient (Wildman–Crippen LogP) is 17.7. The molecule has 5 nitrogen and oxygen atoms in total. The van der Waals surface area contributed by atoms with Crippen LogP contribution < -0.4 is 5.32 Å². The molecular weight excluding hydrogens is 763 g/mol. The molecule has 3 atom stereocenters. The van der Waals surface area contributed by atoms with E-state index >= 15 is 0 Å². The summed E-state index contributed by atoms with van der Waals surface area (Å²) in [5.74, 6) is -0.274. The van der Waals surface area contributed by atoms with Crippen LogP contribution in [-0.4, -0.2) is 46.1 Å². The molecule has 5 heteroatoms. The van der Waals surface area contributed by atoms with Crippen molar-refractivity contribution in [3.05, 3.63) is 0 Å². The minimum atomic E-state index is -0.745. The molecule has 0 bridgehead atoms. The van der Waals surface area contributed by atoms with E-state index in [1.165, 1.54) is 276 Å². The van der Waals surface area contributed by atoms with Gasteiger partial charge in [-0.3, -0.25) is 4.79 Å². The van der Waals surface area contributed by atoms with Crippen molar-refractivity contribution in [3.8, 4) is 0 Å². The number of rotatable bonds is 54. The Morgan fingerprint density at radius 3 is 0.774 bits per heavy atom. The van der Waals surface area contributed by atoms with Crippen molar-refractivity contribution in [2.75, 3.05) is 6.61 Å². The second kappa shape index (κ2) is 53.0. The topological polar surface area (TPSA) is 89.8 Å². The number of aliphatic hydroxyl groups is 3. The second-order valence-electron chi connectivity index (χ2n) is 20.3. The van der Waals surface area contributed by atoms with Crippen molar-refractivity contribution in [1.29, 1.82) is 0 Å². The zero-order valence-corrected chi connectivity index (χ0v) is 42.5. The highest BCUT2D eigenvalue weighted by Crippen LogP contribution is 2.19. The average Bonchev–Trinajstić information content (AvgIpc) is 3.27. The summed E-state index contributed by atoms with van der Waals surface area (Å²) in [6.45, 7) is 4.31. The molecule has 0 aromatic heterocycles. The molecule has 0 fully saturated rings. The van der Waals surface area contributed by atoms with Crippen LogP contribution in [0.2, 0.25) is 0 Å². The number of unbranched alkanes of at least 4 members (excludes halogenated alkanes) is 45. The zero-order valence-electron chi connectivity index (χ0n) is 42.5. The number of nitrogens with one attached hydrogen (secondary N) is 1. The molecule has 0 radical (unpaired) electrons. The van der Waals surface area contributed by atoms with E-state index in [4.69, 9.17) is 0 Å². The van der Waals surface area contributed by atoms with Gasteiger partial charge in [0.2, 0.25) is 5.91 Å². The number of carbonyl (C=O) groups excluding carboxylic acids is 1. The fraction of sp³-hybridized carbons (Fsp3) is 0.982. The first-order valence-corrected chi connectivity index (χ1v) is 28.8. The van der Waals surface area contributed by atoms with Gasteiger partial charge in [-0.05, 0) is 12.8 Å². The van der Waals surface area contributed by atoms with Crippen LogP contribution in [0.5, 0.6) is 0 Å². The van der Waals surface area contributed by atoms with Gasteiger partial charge in [0.25, 0.3) is 0 Å². The first-order valence-electron chi connectivity index (χ1n) is 28.8. The molecule has 0 heterocycles.